The van der Waals surface area contributed by atoms with Crippen LogP contribution in [-0.4, -0.2) is 5.11 Å². The van der Waals surface area contributed by atoms with Gasteiger partial charge in [-0.3, -0.25) is 0 Å². The molecule has 0 heterocycles. The summed E-state index contributed by atoms with van der Waals surface area (Å²) in [6, 6.07) is 12.5. The van der Waals surface area contributed by atoms with Crippen molar-refractivity contribution in [3.05, 3.63) is 69.8 Å². The van der Waals surface area contributed by atoms with E-state index >= 15 is 0 Å². The summed E-state index contributed by atoms with van der Waals surface area (Å²) in [5.74, 6) is 0. The van der Waals surface area contributed by atoms with E-state index in [1.165, 1.54) is 27.8 Å². The summed E-state index contributed by atoms with van der Waals surface area (Å²) in [7, 11) is 0. The third-order valence-electron chi connectivity index (χ3n) is 3.66. The number of hydrogen-bond donors (Lipinski definition) is 1. The molecule has 1 heteroatoms. The molecule has 0 saturated carbocycles. The van der Waals surface area contributed by atoms with Crippen LogP contribution in [0.4, 0.5) is 0 Å². The Labute approximate surface area is 115 Å². The minimum absolute atomic E-state index is 0.431. The van der Waals surface area contributed by atoms with Crippen LogP contribution in [0.1, 0.15) is 39.5 Å². The Kier molecular flexibility index (Phi) is 4.06. The second-order valence-electron chi connectivity index (χ2n) is 5.51. The summed E-state index contributed by atoms with van der Waals surface area (Å²) in [4.78, 5) is 0. The van der Waals surface area contributed by atoms with Gasteiger partial charge >= 0.3 is 0 Å². The highest BCUT2D eigenvalue weighted by molar-refractivity contribution is 5.38. The van der Waals surface area contributed by atoms with Gasteiger partial charge in [0.1, 0.15) is 0 Å². The highest BCUT2D eigenvalue weighted by Crippen LogP contribution is 2.24. The van der Waals surface area contributed by atoms with Crippen molar-refractivity contribution in [3.63, 3.8) is 0 Å². The number of hydrogen-bond acceptors (Lipinski definition) is 1. The summed E-state index contributed by atoms with van der Waals surface area (Å²) in [6.45, 7) is 8.41. The molecule has 0 spiro atoms. The zero-order valence-electron chi connectivity index (χ0n) is 12.2. The highest BCUT2D eigenvalue weighted by Gasteiger charge is 2.12. The molecule has 0 amide bonds. The first-order chi connectivity index (χ1) is 8.97. The van der Waals surface area contributed by atoms with Crippen molar-refractivity contribution < 1.29 is 5.11 Å². The molecule has 2 rings (SSSR count). The van der Waals surface area contributed by atoms with E-state index in [-0.39, 0.29) is 0 Å². The van der Waals surface area contributed by atoms with Crippen molar-refractivity contribution in [2.45, 2.75) is 40.2 Å². The Morgan fingerprint density at radius 1 is 0.895 bits per heavy atom. The quantitative estimate of drug-likeness (QED) is 0.870. The van der Waals surface area contributed by atoms with E-state index in [0.717, 1.165) is 5.56 Å². The van der Waals surface area contributed by atoms with E-state index in [0.29, 0.717) is 6.42 Å². The number of aliphatic hydroxyl groups is 1. The van der Waals surface area contributed by atoms with Gasteiger partial charge in [-0.2, -0.15) is 0 Å². The molecule has 19 heavy (non-hydrogen) atoms. The predicted molar refractivity (Wildman–Crippen MR) is 80.5 cm³/mol. The summed E-state index contributed by atoms with van der Waals surface area (Å²) < 4.78 is 0. The average Bonchev–Trinajstić information content (AvgIpc) is 2.33. The van der Waals surface area contributed by atoms with Gasteiger partial charge in [-0.15, -0.1) is 0 Å². The van der Waals surface area contributed by atoms with E-state index in [1.807, 2.05) is 12.1 Å². The molecule has 0 aliphatic rings. The molecule has 1 atom stereocenters. The molecule has 0 saturated heterocycles. The van der Waals surface area contributed by atoms with Crippen molar-refractivity contribution in [2.24, 2.45) is 0 Å². The molecule has 0 aliphatic heterocycles. The van der Waals surface area contributed by atoms with Gasteiger partial charge in [0.05, 0.1) is 6.10 Å². The average molecular weight is 254 g/mol. The van der Waals surface area contributed by atoms with E-state index in [1.54, 1.807) is 0 Å². The van der Waals surface area contributed by atoms with Gasteiger partial charge in [0.25, 0.3) is 0 Å². The summed E-state index contributed by atoms with van der Waals surface area (Å²) in [5.41, 5.74) is 7.27. The van der Waals surface area contributed by atoms with Gasteiger partial charge in [0, 0.05) is 6.42 Å². The maximum absolute atomic E-state index is 10.4. The molecule has 100 valence electrons. The fourth-order valence-corrected chi connectivity index (χ4v) is 2.72. The Morgan fingerprint density at radius 3 is 2.11 bits per heavy atom. The van der Waals surface area contributed by atoms with Crippen molar-refractivity contribution in [3.8, 4) is 0 Å². The molecule has 1 unspecified atom stereocenters. The summed E-state index contributed by atoms with van der Waals surface area (Å²) >= 11 is 0. The number of aliphatic hydroxyl groups excluding tert-OH is 1. The Bertz CT molecular complexity index is 561. The Morgan fingerprint density at radius 2 is 1.53 bits per heavy atom. The molecule has 0 aliphatic carbocycles. The van der Waals surface area contributed by atoms with Gasteiger partial charge in [-0.1, -0.05) is 47.5 Å². The van der Waals surface area contributed by atoms with Crippen LogP contribution in [0.5, 0.6) is 0 Å². The van der Waals surface area contributed by atoms with E-state index in [9.17, 15) is 5.11 Å². The monoisotopic (exact) mass is 254 g/mol. The lowest BCUT2D eigenvalue weighted by Gasteiger charge is -2.16. The number of aryl methyl sites for hydroxylation is 4. The zero-order chi connectivity index (χ0) is 14.0. The minimum atomic E-state index is -0.431. The summed E-state index contributed by atoms with van der Waals surface area (Å²) in [5, 5.41) is 10.4. The van der Waals surface area contributed by atoms with E-state index in [2.05, 4.69) is 52.0 Å². The first-order valence-corrected chi connectivity index (χ1v) is 6.78. The van der Waals surface area contributed by atoms with Crippen molar-refractivity contribution in [2.75, 3.05) is 0 Å². The fraction of sp³-hybridized carbons (Fsp3) is 0.333. The maximum atomic E-state index is 10.4. The molecule has 2 aromatic carbocycles. The van der Waals surface area contributed by atoms with Crippen LogP contribution in [0.3, 0.4) is 0 Å². The predicted octanol–water partition coefficient (Wildman–Crippen LogP) is 4.20. The van der Waals surface area contributed by atoms with Gasteiger partial charge in [0.15, 0.2) is 0 Å². The van der Waals surface area contributed by atoms with E-state index in [4.69, 9.17) is 0 Å². The molecule has 0 bridgehead atoms. The summed E-state index contributed by atoms with van der Waals surface area (Å²) in [6.07, 6.45) is 0.251. The Hall–Kier alpha value is -1.60. The molecule has 0 fully saturated rings. The van der Waals surface area contributed by atoms with Crippen LogP contribution in [-0.2, 0) is 6.42 Å². The van der Waals surface area contributed by atoms with Gasteiger partial charge in [-0.25, -0.2) is 0 Å². The van der Waals surface area contributed by atoms with E-state index < -0.39 is 6.10 Å². The largest absolute Gasteiger partial charge is 0.388 e. The Balaban J connectivity index is 2.26. The van der Waals surface area contributed by atoms with Crippen LogP contribution < -0.4 is 0 Å². The first-order valence-electron chi connectivity index (χ1n) is 6.78. The van der Waals surface area contributed by atoms with Crippen molar-refractivity contribution >= 4 is 0 Å². The number of rotatable bonds is 3. The minimum Gasteiger partial charge on any atom is -0.388 e. The molecule has 0 aromatic heterocycles. The van der Waals surface area contributed by atoms with Crippen LogP contribution in [0.15, 0.2) is 36.4 Å². The molecular formula is C18H22O. The SMILES string of the molecule is Cc1cccc(C(O)Cc2c(C)cc(C)cc2C)c1. The van der Waals surface area contributed by atoms with Crippen LogP contribution in [0.2, 0.25) is 0 Å². The lowest BCUT2D eigenvalue weighted by Crippen LogP contribution is -2.05. The fourth-order valence-electron chi connectivity index (χ4n) is 2.72. The standard InChI is InChI=1S/C18H22O/c1-12-6-5-7-16(10-12)18(19)11-17-14(3)8-13(2)9-15(17)4/h5-10,18-19H,11H2,1-4H3. The zero-order valence-corrected chi connectivity index (χ0v) is 12.2. The lowest BCUT2D eigenvalue weighted by molar-refractivity contribution is 0.178. The first kappa shape index (κ1) is 13.8. The van der Waals surface area contributed by atoms with Crippen LogP contribution in [0.25, 0.3) is 0 Å². The lowest BCUT2D eigenvalue weighted by atomic mass is 9.93. The van der Waals surface area contributed by atoms with Crippen LogP contribution >= 0.6 is 0 Å². The van der Waals surface area contributed by atoms with Crippen LogP contribution in [0, 0.1) is 27.7 Å². The highest BCUT2D eigenvalue weighted by atomic mass is 16.3. The van der Waals surface area contributed by atoms with Crippen molar-refractivity contribution in [1.82, 2.24) is 0 Å². The van der Waals surface area contributed by atoms with Gasteiger partial charge in [0.2, 0.25) is 0 Å². The third kappa shape index (κ3) is 3.24. The van der Waals surface area contributed by atoms with Gasteiger partial charge in [-0.05, 0) is 49.9 Å². The smallest absolute Gasteiger partial charge is 0.0830 e. The van der Waals surface area contributed by atoms with Crippen molar-refractivity contribution in [1.29, 1.82) is 0 Å². The third-order valence-corrected chi connectivity index (χ3v) is 3.66. The molecule has 0 radical (unpaired) electrons. The second-order valence-corrected chi connectivity index (χ2v) is 5.51. The molecular weight excluding hydrogens is 232 g/mol. The topological polar surface area (TPSA) is 20.2 Å². The molecule has 1 N–H and O–H groups in total. The molecule has 1 nitrogen and oxygen atoms in total. The van der Waals surface area contributed by atoms with Gasteiger partial charge < -0.3 is 5.11 Å². The maximum Gasteiger partial charge on any atom is 0.0830 e. The normalized spacial score (nSPS) is 12.5. The second kappa shape index (κ2) is 5.58. The number of benzene rings is 2. The molecule has 2 aromatic rings.